The zero-order valence-electron chi connectivity index (χ0n) is 10.7. The van der Waals surface area contributed by atoms with Crippen molar-refractivity contribution in [2.75, 3.05) is 17.7 Å². The summed E-state index contributed by atoms with van der Waals surface area (Å²) in [5.74, 6) is 0.862. The number of anilines is 1. The molecule has 0 aliphatic carbocycles. The van der Waals surface area contributed by atoms with Crippen molar-refractivity contribution in [2.45, 2.75) is 24.5 Å². The number of aliphatic hydroxyl groups excluding tert-OH is 2. The summed E-state index contributed by atoms with van der Waals surface area (Å²) in [7, 11) is 0. The number of fused-ring (bicyclic) bond motifs is 1. The summed E-state index contributed by atoms with van der Waals surface area (Å²) in [6.07, 6.45) is 1.58. The number of hydrogen-bond acceptors (Lipinski definition) is 8. The van der Waals surface area contributed by atoms with Gasteiger partial charge in [0.15, 0.2) is 17.7 Å². The minimum atomic E-state index is -1.04. The van der Waals surface area contributed by atoms with Crippen molar-refractivity contribution in [1.29, 1.82) is 0 Å². The molecule has 108 valence electrons. The van der Waals surface area contributed by atoms with Crippen LogP contribution in [0.5, 0.6) is 0 Å². The fraction of sp³-hybridized carbons (Fsp3) is 0.545. The Morgan fingerprint density at radius 3 is 2.90 bits per heavy atom. The van der Waals surface area contributed by atoms with Gasteiger partial charge in [-0.2, -0.15) is 11.8 Å². The molecule has 4 N–H and O–H groups in total. The molecule has 8 nitrogen and oxygen atoms in total. The Labute approximate surface area is 119 Å². The zero-order chi connectivity index (χ0) is 14.3. The lowest BCUT2D eigenvalue weighted by molar-refractivity contribution is -0.0288. The largest absolute Gasteiger partial charge is 0.387 e. The highest BCUT2D eigenvalue weighted by Crippen LogP contribution is 2.32. The molecule has 0 spiro atoms. The first kappa shape index (κ1) is 13.6. The van der Waals surface area contributed by atoms with Gasteiger partial charge >= 0.3 is 0 Å². The van der Waals surface area contributed by atoms with E-state index in [1.54, 1.807) is 16.3 Å². The van der Waals surface area contributed by atoms with Crippen molar-refractivity contribution >= 4 is 28.7 Å². The van der Waals surface area contributed by atoms with Crippen LogP contribution in [0.15, 0.2) is 12.7 Å². The molecule has 0 aromatic carbocycles. The molecule has 2 aromatic rings. The molecule has 0 amide bonds. The molecule has 4 atom stereocenters. The maximum Gasteiger partial charge on any atom is 0.167 e. The Bertz CT molecular complexity index is 621. The van der Waals surface area contributed by atoms with E-state index in [-0.39, 0.29) is 5.82 Å². The number of aromatic nitrogens is 4. The van der Waals surface area contributed by atoms with E-state index in [4.69, 9.17) is 10.5 Å². The second-order valence-electron chi connectivity index (χ2n) is 4.58. The van der Waals surface area contributed by atoms with Crippen molar-refractivity contribution in [1.82, 2.24) is 19.5 Å². The summed E-state index contributed by atoms with van der Waals surface area (Å²) < 4.78 is 7.29. The summed E-state index contributed by atoms with van der Waals surface area (Å²) >= 11 is 1.54. The van der Waals surface area contributed by atoms with Gasteiger partial charge in [0.1, 0.15) is 24.1 Å². The second kappa shape index (κ2) is 5.17. The number of ether oxygens (including phenoxy) is 1. The highest BCUT2D eigenvalue weighted by molar-refractivity contribution is 7.98. The first-order chi connectivity index (χ1) is 9.63. The number of hydrogen-bond donors (Lipinski definition) is 3. The lowest BCUT2D eigenvalue weighted by Gasteiger charge is -2.16. The molecule has 1 unspecified atom stereocenters. The van der Waals surface area contributed by atoms with Crippen LogP contribution in [-0.2, 0) is 4.74 Å². The van der Waals surface area contributed by atoms with Crippen LogP contribution in [0, 0.1) is 0 Å². The predicted octanol–water partition coefficient (Wildman–Crippen LogP) is -0.609. The van der Waals surface area contributed by atoms with E-state index in [1.807, 2.05) is 6.26 Å². The maximum absolute atomic E-state index is 10.1. The van der Waals surface area contributed by atoms with Crippen molar-refractivity contribution in [3.63, 3.8) is 0 Å². The number of nitrogen functional groups attached to an aromatic ring is 1. The van der Waals surface area contributed by atoms with Gasteiger partial charge in [-0.25, -0.2) is 15.0 Å². The van der Waals surface area contributed by atoms with Gasteiger partial charge in [-0.3, -0.25) is 4.57 Å². The lowest BCUT2D eigenvalue weighted by Crippen LogP contribution is -2.32. The highest BCUT2D eigenvalue weighted by Gasteiger charge is 2.43. The smallest absolute Gasteiger partial charge is 0.167 e. The fourth-order valence-corrected chi connectivity index (χ4v) is 2.92. The SMILES string of the molecule is CSC[C@H]1O[C@@H](n2cnc3c(N)ncnc32)[C@@H](O)C1O. The molecule has 0 radical (unpaired) electrons. The number of imidazole rings is 1. The molecular formula is C11H15N5O3S. The van der Waals surface area contributed by atoms with Gasteiger partial charge in [-0.15, -0.1) is 0 Å². The standard InChI is InChI=1S/C11H15N5O3S/c1-20-2-5-7(17)8(18)11(19-5)16-4-15-6-9(12)13-3-14-10(6)16/h3-5,7-8,11,17-18H,2H2,1H3,(H2,12,13,14)/t5-,7?,8+,11-/m1/s1. The van der Waals surface area contributed by atoms with Crippen molar-refractivity contribution < 1.29 is 14.9 Å². The summed E-state index contributed by atoms with van der Waals surface area (Å²) in [6, 6.07) is 0. The number of nitrogens with two attached hydrogens (primary N) is 1. The van der Waals surface area contributed by atoms with Gasteiger partial charge in [0.05, 0.1) is 12.4 Å². The zero-order valence-corrected chi connectivity index (χ0v) is 11.6. The molecular weight excluding hydrogens is 282 g/mol. The van der Waals surface area contributed by atoms with Crippen LogP contribution in [-0.4, -0.2) is 60.1 Å². The first-order valence-electron chi connectivity index (χ1n) is 6.07. The fourth-order valence-electron chi connectivity index (χ4n) is 2.32. The molecule has 20 heavy (non-hydrogen) atoms. The van der Waals surface area contributed by atoms with Gasteiger partial charge in [0, 0.05) is 5.75 Å². The summed E-state index contributed by atoms with van der Waals surface area (Å²) in [6.45, 7) is 0. The molecule has 3 rings (SSSR count). The lowest BCUT2D eigenvalue weighted by atomic mass is 10.1. The first-order valence-corrected chi connectivity index (χ1v) is 7.46. The Morgan fingerprint density at radius 2 is 2.15 bits per heavy atom. The van der Waals surface area contributed by atoms with Crippen molar-refractivity contribution in [3.05, 3.63) is 12.7 Å². The monoisotopic (exact) mass is 297 g/mol. The molecule has 1 fully saturated rings. The van der Waals surface area contributed by atoms with E-state index in [0.717, 1.165) is 0 Å². The van der Waals surface area contributed by atoms with Crippen LogP contribution >= 0.6 is 11.8 Å². The van der Waals surface area contributed by atoms with Crippen molar-refractivity contribution in [3.8, 4) is 0 Å². The average Bonchev–Trinajstić information content (AvgIpc) is 2.97. The molecule has 1 aliphatic heterocycles. The average molecular weight is 297 g/mol. The summed E-state index contributed by atoms with van der Waals surface area (Å²) in [5, 5.41) is 20.2. The Balaban J connectivity index is 1.97. The van der Waals surface area contributed by atoms with Gasteiger partial charge in [-0.05, 0) is 6.26 Å². The maximum atomic E-state index is 10.1. The van der Waals surface area contributed by atoms with Crippen LogP contribution in [0.3, 0.4) is 0 Å². The van der Waals surface area contributed by atoms with E-state index < -0.39 is 24.5 Å². The number of thioether (sulfide) groups is 1. The molecule has 9 heteroatoms. The van der Waals surface area contributed by atoms with Crippen LogP contribution in [0.25, 0.3) is 11.2 Å². The molecule has 2 aromatic heterocycles. The van der Waals surface area contributed by atoms with Gasteiger partial charge in [0.25, 0.3) is 0 Å². The number of rotatable bonds is 3. The van der Waals surface area contributed by atoms with E-state index in [9.17, 15) is 10.2 Å². The molecule has 0 bridgehead atoms. The third-order valence-corrected chi connectivity index (χ3v) is 3.99. The summed E-state index contributed by atoms with van der Waals surface area (Å²) in [4.78, 5) is 12.1. The quantitative estimate of drug-likeness (QED) is 0.686. The van der Waals surface area contributed by atoms with Crippen LogP contribution in [0.1, 0.15) is 6.23 Å². The molecule has 3 heterocycles. The van der Waals surface area contributed by atoms with Crippen molar-refractivity contribution in [2.24, 2.45) is 0 Å². The molecule has 1 aliphatic rings. The van der Waals surface area contributed by atoms with E-state index in [0.29, 0.717) is 16.9 Å². The second-order valence-corrected chi connectivity index (χ2v) is 5.50. The molecule has 1 saturated heterocycles. The Hall–Kier alpha value is -1.42. The number of nitrogens with zero attached hydrogens (tertiary/aromatic N) is 4. The van der Waals surface area contributed by atoms with E-state index in [2.05, 4.69) is 15.0 Å². The topological polar surface area (TPSA) is 119 Å². The minimum absolute atomic E-state index is 0.266. The summed E-state index contributed by atoms with van der Waals surface area (Å²) in [5.41, 5.74) is 6.64. The minimum Gasteiger partial charge on any atom is -0.387 e. The van der Waals surface area contributed by atoms with Gasteiger partial charge < -0.3 is 20.7 Å². The third-order valence-electron chi connectivity index (χ3n) is 3.33. The third kappa shape index (κ3) is 2.03. The van der Waals surface area contributed by atoms with E-state index in [1.165, 1.54) is 12.7 Å². The molecule has 0 saturated carbocycles. The van der Waals surface area contributed by atoms with E-state index >= 15 is 0 Å². The predicted molar refractivity (Wildman–Crippen MR) is 74.0 cm³/mol. The highest BCUT2D eigenvalue weighted by atomic mass is 32.2. The van der Waals surface area contributed by atoms with Gasteiger partial charge in [0.2, 0.25) is 0 Å². The van der Waals surface area contributed by atoms with Crippen LogP contribution < -0.4 is 5.73 Å². The Kier molecular flexibility index (Phi) is 3.50. The van der Waals surface area contributed by atoms with Gasteiger partial charge in [-0.1, -0.05) is 0 Å². The number of aliphatic hydroxyl groups is 2. The Morgan fingerprint density at radius 1 is 1.35 bits per heavy atom. The normalized spacial score (nSPS) is 30.1. The van der Waals surface area contributed by atoms with Crippen LogP contribution in [0.4, 0.5) is 5.82 Å². The van der Waals surface area contributed by atoms with Crippen LogP contribution in [0.2, 0.25) is 0 Å².